The van der Waals surface area contributed by atoms with E-state index in [1.807, 2.05) is 12.1 Å². The van der Waals surface area contributed by atoms with Crippen LogP contribution in [0.3, 0.4) is 0 Å². The van der Waals surface area contributed by atoms with Crippen LogP contribution in [-0.2, 0) is 16.0 Å². The van der Waals surface area contributed by atoms with Crippen LogP contribution in [0.5, 0.6) is 0 Å². The van der Waals surface area contributed by atoms with Crippen LogP contribution in [-0.4, -0.2) is 42.2 Å². The molecule has 1 amide bonds. The first-order valence-electron chi connectivity index (χ1n) is 11.4. The average Bonchev–Trinajstić information content (AvgIpc) is 2.81. The van der Waals surface area contributed by atoms with Gasteiger partial charge in [0.05, 0.1) is 6.10 Å². The van der Waals surface area contributed by atoms with Crippen LogP contribution in [0.15, 0.2) is 42.5 Å². The maximum Gasteiger partial charge on any atom is 0.251 e. The molecule has 0 spiro atoms. The normalized spacial score (nSPS) is 16.2. The number of hydrogen-bond acceptors (Lipinski definition) is 3. The fourth-order valence-corrected chi connectivity index (χ4v) is 4.70. The van der Waals surface area contributed by atoms with Crippen molar-refractivity contribution >= 4 is 17.5 Å². The molecule has 31 heavy (non-hydrogen) atoms. The molecular weight excluding hydrogens is 410 g/mol. The Hall–Kier alpha value is -1.88. The van der Waals surface area contributed by atoms with Gasteiger partial charge < -0.3 is 14.7 Å². The Kier molecular flexibility index (Phi) is 8.94. The lowest BCUT2D eigenvalue weighted by atomic mass is 9.92. The number of piperidine rings is 1. The third-order valence-electron chi connectivity index (χ3n) is 6.20. The first-order chi connectivity index (χ1) is 15.0. The van der Waals surface area contributed by atoms with E-state index < -0.39 is 6.10 Å². The van der Waals surface area contributed by atoms with Gasteiger partial charge in [0.1, 0.15) is 6.10 Å². The Morgan fingerprint density at radius 2 is 1.87 bits per heavy atom. The minimum atomic E-state index is -0.935. The molecule has 1 aliphatic heterocycles. The van der Waals surface area contributed by atoms with E-state index >= 15 is 0 Å². The van der Waals surface area contributed by atoms with Crippen molar-refractivity contribution in [3.05, 3.63) is 58.6 Å². The fourth-order valence-electron chi connectivity index (χ4n) is 4.41. The van der Waals surface area contributed by atoms with E-state index in [4.69, 9.17) is 16.3 Å². The zero-order valence-corrected chi connectivity index (χ0v) is 19.4. The van der Waals surface area contributed by atoms with E-state index in [9.17, 15) is 9.90 Å². The highest BCUT2D eigenvalue weighted by Crippen LogP contribution is 2.38. The van der Waals surface area contributed by atoms with Gasteiger partial charge in [-0.25, -0.2) is 0 Å². The predicted octanol–water partition coefficient (Wildman–Crippen LogP) is 5.80. The minimum absolute atomic E-state index is 0.131. The fraction of sp³-hybridized carbons (Fsp3) is 0.500. The molecule has 0 saturated carbocycles. The second-order valence-corrected chi connectivity index (χ2v) is 8.72. The number of halogens is 1. The Morgan fingerprint density at radius 3 is 2.58 bits per heavy atom. The van der Waals surface area contributed by atoms with Gasteiger partial charge in [-0.05, 0) is 67.7 Å². The standard InChI is InChI=1S/C26H34ClNO3/c1-3-19-10-7-11-20(18-19)25-21(12-8-13-22(25)27)24(31-2)15-9-14-23(29)26(30)28-16-5-4-6-17-28/h7-8,10-13,18,23-24,29H,3-6,9,14-17H2,1-2H3. The number of likely N-dealkylation sites (tertiary alicyclic amines) is 1. The Labute approximate surface area is 191 Å². The van der Waals surface area contributed by atoms with Crippen molar-refractivity contribution in [2.45, 2.75) is 64.1 Å². The molecule has 2 unspecified atom stereocenters. The van der Waals surface area contributed by atoms with Crippen LogP contribution in [0.4, 0.5) is 0 Å². The van der Waals surface area contributed by atoms with E-state index in [0.717, 1.165) is 49.0 Å². The molecule has 2 atom stereocenters. The Balaban J connectivity index is 1.69. The number of carbonyl (C=O) groups is 1. The Morgan fingerprint density at radius 1 is 1.13 bits per heavy atom. The highest BCUT2D eigenvalue weighted by atomic mass is 35.5. The highest BCUT2D eigenvalue weighted by Gasteiger charge is 2.24. The number of aliphatic hydroxyl groups is 1. The maximum atomic E-state index is 12.5. The van der Waals surface area contributed by atoms with Crippen LogP contribution in [0, 0.1) is 0 Å². The molecule has 2 aromatic carbocycles. The van der Waals surface area contributed by atoms with Gasteiger partial charge in [0.2, 0.25) is 0 Å². The molecule has 1 saturated heterocycles. The first-order valence-corrected chi connectivity index (χ1v) is 11.8. The summed E-state index contributed by atoms with van der Waals surface area (Å²) in [5.41, 5.74) is 4.38. The van der Waals surface area contributed by atoms with Gasteiger partial charge in [-0.15, -0.1) is 0 Å². The molecule has 5 heteroatoms. The molecule has 168 valence electrons. The van der Waals surface area contributed by atoms with Crippen LogP contribution < -0.4 is 0 Å². The quantitative estimate of drug-likeness (QED) is 0.532. The van der Waals surface area contributed by atoms with Crippen molar-refractivity contribution in [2.75, 3.05) is 20.2 Å². The molecule has 3 rings (SSSR count). The third-order valence-corrected chi connectivity index (χ3v) is 6.51. The number of aryl methyl sites for hydroxylation is 1. The van der Waals surface area contributed by atoms with Crippen LogP contribution >= 0.6 is 11.6 Å². The zero-order chi connectivity index (χ0) is 22.2. The molecule has 1 heterocycles. The third kappa shape index (κ3) is 6.09. The van der Waals surface area contributed by atoms with Gasteiger partial charge in [-0.2, -0.15) is 0 Å². The summed E-state index contributed by atoms with van der Waals surface area (Å²) in [6, 6.07) is 14.4. The van der Waals surface area contributed by atoms with Gasteiger partial charge in [0.25, 0.3) is 5.91 Å². The lowest BCUT2D eigenvalue weighted by molar-refractivity contribution is -0.141. The van der Waals surface area contributed by atoms with Crippen molar-refractivity contribution in [3.63, 3.8) is 0 Å². The van der Waals surface area contributed by atoms with Crippen molar-refractivity contribution in [2.24, 2.45) is 0 Å². The molecule has 0 aromatic heterocycles. The van der Waals surface area contributed by atoms with Crippen LogP contribution in [0.1, 0.15) is 62.7 Å². The van der Waals surface area contributed by atoms with Crippen molar-refractivity contribution < 1.29 is 14.6 Å². The summed E-state index contributed by atoms with van der Waals surface area (Å²) < 4.78 is 5.83. The number of carbonyl (C=O) groups excluding carboxylic acids is 1. The number of methoxy groups -OCH3 is 1. The summed E-state index contributed by atoms with van der Waals surface area (Å²) in [7, 11) is 1.70. The molecule has 1 aliphatic rings. The van der Waals surface area contributed by atoms with E-state index in [1.54, 1.807) is 12.0 Å². The molecule has 0 radical (unpaired) electrons. The topological polar surface area (TPSA) is 49.8 Å². The van der Waals surface area contributed by atoms with Crippen molar-refractivity contribution in [1.29, 1.82) is 0 Å². The summed E-state index contributed by atoms with van der Waals surface area (Å²) in [5, 5.41) is 11.1. The van der Waals surface area contributed by atoms with Gasteiger partial charge in [0.15, 0.2) is 0 Å². The second kappa shape index (κ2) is 11.7. The average molecular weight is 444 g/mol. The first kappa shape index (κ1) is 23.8. The van der Waals surface area contributed by atoms with Gasteiger partial charge >= 0.3 is 0 Å². The molecule has 0 bridgehead atoms. The lowest BCUT2D eigenvalue weighted by Crippen LogP contribution is -2.42. The minimum Gasteiger partial charge on any atom is -0.383 e. The van der Waals surface area contributed by atoms with E-state index in [1.165, 1.54) is 12.0 Å². The summed E-state index contributed by atoms with van der Waals surface area (Å²) in [6.45, 7) is 3.67. The summed E-state index contributed by atoms with van der Waals surface area (Å²) in [4.78, 5) is 14.3. The number of amides is 1. The van der Waals surface area contributed by atoms with E-state index in [2.05, 4.69) is 37.3 Å². The number of ether oxygens (including phenoxy) is 1. The predicted molar refractivity (Wildman–Crippen MR) is 126 cm³/mol. The van der Waals surface area contributed by atoms with E-state index in [-0.39, 0.29) is 12.0 Å². The zero-order valence-electron chi connectivity index (χ0n) is 18.6. The van der Waals surface area contributed by atoms with Crippen molar-refractivity contribution in [3.8, 4) is 11.1 Å². The van der Waals surface area contributed by atoms with Gasteiger partial charge in [-0.3, -0.25) is 4.79 Å². The lowest BCUT2D eigenvalue weighted by Gasteiger charge is -2.28. The smallest absolute Gasteiger partial charge is 0.251 e. The largest absolute Gasteiger partial charge is 0.383 e. The summed E-state index contributed by atoms with van der Waals surface area (Å²) in [6.07, 6.45) is 4.94. The molecule has 1 fully saturated rings. The van der Waals surface area contributed by atoms with Crippen molar-refractivity contribution in [1.82, 2.24) is 4.90 Å². The SMILES string of the molecule is CCc1cccc(-c2c(Cl)cccc2C(CCCC(O)C(=O)N2CCCCC2)OC)c1. The monoisotopic (exact) mass is 443 g/mol. The molecule has 1 N–H and O–H groups in total. The van der Waals surface area contributed by atoms with Crippen LogP contribution in [0.25, 0.3) is 11.1 Å². The van der Waals surface area contributed by atoms with E-state index in [0.29, 0.717) is 24.3 Å². The number of benzene rings is 2. The summed E-state index contributed by atoms with van der Waals surface area (Å²) in [5.74, 6) is -0.131. The maximum absolute atomic E-state index is 12.5. The van der Waals surface area contributed by atoms with Gasteiger partial charge in [-0.1, -0.05) is 54.9 Å². The van der Waals surface area contributed by atoms with Gasteiger partial charge in [0, 0.05) is 30.8 Å². The molecule has 4 nitrogen and oxygen atoms in total. The Bertz CT molecular complexity index is 863. The molecule has 0 aliphatic carbocycles. The molecular formula is C26H34ClNO3. The number of rotatable bonds is 9. The number of nitrogens with zero attached hydrogens (tertiary/aromatic N) is 1. The highest BCUT2D eigenvalue weighted by molar-refractivity contribution is 6.33. The second-order valence-electron chi connectivity index (χ2n) is 8.31. The molecule has 2 aromatic rings. The summed E-state index contributed by atoms with van der Waals surface area (Å²) >= 11 is 6.63. The number of hydrogen-bond donors (Lipinski definition) is 1. The van der Waals surface area contributed by atoms with Crippen LogP contribution in [0.2, 0.25) is 5.02 Å². The number of aliphatic hydroxyl groups excluding tert-OH is 1.